The van der Waals surface area contributed by atoms with Crippen LogP contribution in [0.1, 0.15) is 22.8 Å². The summed E-state index contributed by atoms with van der Waals surface area (Å²) >= 11 is 13.2. The third kappa shape index (κ3) is 2.73. The van der Waals surface area contributed by atoms with Gasteiger partial charge in [-0.2, -0.15) is 0 Å². The number of aryl methyl sites for hydroxylation is 1. The molecule has 0 bridgehead atoms. The summed E-state index contributed by atoms with van der Waals surface area (Å²) in [5.74, 6) is -0.0217. The monoisotopic (exact) mass is 337 g/mol. The molecule has 108 valence electrons. The Bertz CT molecular complexity index is 819. The average Bonchev–Trinajstić information content (AvgIpc) is 3.02. The number of halogens is 2. The first-order chi connectivity index (χ1) is 10.1. The van der Waals surface area contributed by atoms with E-state index in [0.29, 0.717) is 14.2 Å². The molecule has 0 aliphatic carbocycles. The van der Waals surface area contributed by atoms with Gasteiger partial charge in [0, 0.05) is 6.20 Å². The minimum Gasteiger partial charge on any atom is -0.339 e. The Kier molecular flexibility index (Phi) is 4.07. The fourth-order valence-electron chi connectivity index (χ4n) is 2.53. The molecule has 0 N–H and O–H groups in total. The molecule has 5 heteroatoms. The third-order valence-corrected chi connectivity index (χ3v) is 5.01. The van der Waals surface area contributed by atoms with Crippen LogP contribution in [-0.2, 0) is 13.0 Å². The molecule has 0 fully saturated rings. The number of nitrogens with zero attached hydrogens (tertiary/aromatic N) is 1. The second kappa shape index (κ2) is 5.84. The van der Waals surface area contributed by atoms with Crippen molar-refractivity contribution in [2.75, 3.05) is 0 Å². The van der Waals surface area contributed by atoms with Gasteiger partial charge in [-0.25, -0.2) is 0 Å². The smallest absolute Gasteiger partial charge is 0.184 e. The van der Waals surface area contributed by atoms with E-state index in [2.05, 4.69) is 19.1 Å². The van der Waals surface area contributed by atoms with Gasteiger partial charge in [0.05, 0.1) is 22.0 Å². The summed E-state index contributed by atoms with van der Waals surface area (Å²) in [6.07, 6.45) is 2.88. The molecule has 21 heavy (non-hydrogen) atoms. The number of ketones is 1. The first kappa shape index (κ1) is 14.6. The molecular weight excluding hydrogens is 325 g/mol. The first-order valence-corrected chi connectivity index (χ1v) is 8.22. The average molecular weight is 338 g/mol. The minimum atomic E-state index is -0.0217. The van der Waals surface area contributed by atoms with Gasteiger partial charge in [-0.15, -0.1) is 11.3 Å². The number of Topliss-reactive ketones (excluding diaryl/α,β-unsaturated/α-hetero) is 1. The van der Waals surface area contributed by atoms with Gasteiger partial charge in [0.2, 0.25) is 0 Å². The van der Waals surface area contributed by atoms with Crippen LogP contribution < -0.4 is 0 Å². The number of hydrogen-bond donors (Lipinski definition) is 0. The van der Waals surface area contributed by atoms with Crippen LogP contribution in [-0.4, -0.2) is 10.4 Å². The fraction of sp³-hybridized carbons (Fsp3) is 0.188. The Morgan fingerprint density at radius 3 is 2.76 bits per heavy atom. The van der Waals surface area contributed by atoms with Crippen LogP contribution >= 0.6 is 34.5 Å². The summed E-state index contributed by atoms with van der Waals surface area (Å²) in [4.78, 5) is 12.4. The largest absolute Gasteiger partial charge is 0.339 e. The predicted molar refractivity (Wildman–Crippen MR) is 90.0 cm³/mol. The molecule has 3 rings (SSSR count). The molecule has 2 nitrogen and oxygen atoms in total. The van der Waals surface area contributed by atoms with Gasteiger partial charge >= 0.3 is 0 Å². The van der Waals surface area contributed by atoms with Crippen LogP contribution in [0.2, 0.25) is 8.67 Å². The molecule has 2 aromatic heterocycles. The Morgan fingerprint density at radius 2 is 2.10 bits per heavy atom. The van der Waals surface area contributed by atoms with E-state index in [1.807, 2.05) is 22.9 Å². The van der Waals surface area contributed by atoms with Crippen molar-refractivity contribution in [3.05, 3.63) is 56.3 Å². The predicted octanol–water partition coefficient (Wildman–Crippen LogP) is 5.45. The highest BCUT2D eigenvalue weighted by Gasteiger charge is 2.16. The second-order valence-electron chi connectivity index (χ2n) is 4.81. The molecule has 2 heterocycles. The lowest BCUT2D eigenvalue weighted by Gasteiger charge is -2.08. The van der Waals surface area contributed by atoms with Crippen molar-refractivity contribution in [3.63, 3.8) is 0 Å². The Balaban J connectivity index is 1.98. The zero-order valence-corrected chi connectivity index (χ0v) is 13.7. The highest BCUT2D eigenvalue weighted by atomic mass is 35.5. The van der Waals surface area contributed by atoms with Crippen molar-refractivity contribution >= 4 is 51.2 Å². The highest BCUT2D eigenvalue weighted by molar-refractivity contribution is 7.20. The van der Waals surface area contributed by atoms with E-state index >= 15 is 0 Å². The molecule has 1 aromatic carbocycles. The number of para-hydroxylation sites is 1. The molecule has 0 atom stereocenters. The van der Waals surface area contributed by atoms with Gasteiger partial charge in [0.25, 0.3) is 0 Å². The maximum Gasteiger partial charge on any atom is 0.184 e. The van der Waals surface area contributed by atoms with E-state index in [1.165, 1.54) is 16.9 Å². The second-order valence-corrected chi connectivity index (χ2v) is 7.10. The van der Waals surface area contributed by atoms with Crippen LogP contribution in [0, 0.1) is 0 Å². The van der Waals surface area contributed by atoms with Crippen molar-refractivity contribution < 1.29 is 4.79 Å². The quantitative estimate of drug-likeness (QED) is 0.579. The zero-order valence-electron chi connectivity index (χ0n) is 11.4. The molecule has 0 saturated heterocycles. The summed E-state index contributed by atoms with van der Waals surface area (Å²) < 4.78 is 2.98. The van der Waals surface area contributed by atoms with Crippen LogP contribution in [0.25, 0.3) is 10.9 Å². The van der Waals surface area contributed by atoms with Crippen LogP contribution in [0.3, 0.4) is 0 Å². The Hall–Kier alpha value is -1.29. The molecule has 3 aromatic rings. The lowest BCUT2D eigenvalue weighted by atomic mass is 10.1. The number of thiophene rings is 1. The number of rotatable bonds is 4. The summed E-state index contributed by atoms with van der Waals surface area (Å²) in [5, 5.41) is 1.15. The van der Waals surface area contributed by atoms with Crippen molar-refractivity contribution in [2.45, 2.75) is 19.9 Å². The number of carbonyl (C=O) groups is 1. The number of fused-ring (bicyclic) bond motifs is 1. The lowest BCUT2D eigenvalue weighted by molar-refractivity contribution is 0.0974. The molecule has 0 spiro atoms. The van der Waals surface area contributed by atoms with Gasteiger partial charge in [-0.1, -0.05) is 48.3 Å². The van der Waals surface area contributed by atoms with E-state index < -0.39 is 0 Å². The molecule has 0 saturated carbocycles. The van der Waals surface area contributed by atoms with Gasteiger partial charge in [-0.05, 0) is 29.5 Å². The van der Waals surface area contributed by atoms with Crippen LogP contribution in [0.15, 0.2) is 36.5 Å². The van der Waals surface area contributed by atoms with Gasteiger partial charge in [0.1, 0.15) is 4.34 Å². The number of benzene rings is 1. The van der Waals surface area contributed by atoms with E-state index in [1.54, 1.807) is 6.07 Å². The lowest BCUT2D eigenvalue weighted by Crippen LogP contribution is -2.09. The van der Waals surface area contributed by atoms with E-state index in [0.717, 1.165) is 17.3 Å². The van der Waals surface area contributed by atoms with Crippen molar-refractivity contribution in [1.29, 1.82) is 0 Å². The molecule has 0 aliphatic rings. The minimum absolute atomic E-state index is 0.0217. The fourth-order valence-corrected chi connectivity index (χ4v) is 4.03. The van der Waals surface area contributed by atoms with Crippen molar-refractivity contribution in [3.8, 4) is 0 Å². The molecule has 0 amide bonds. The standard InChI is InChI=1S/C16H13Cl2NOS/c1-2-10-4-3-5-11-6-7-19(15(10)11)9-13(20)12-8-14(17)21-16(12)18/h3-8H,2,9H2,1H3. The van der Waals surface area contributed by atoms with Crippen molar-refractivity contribution in [1.82, 2.24) is 4.57 Å². The normalized spacial score (nSPS) is 11.2. The summed E-state index contributed by atoms with van der Waals surface area (Å²) in [5.41, 5.74) is 2.85. The Labute approximate surface area is 136 Å². The van der Waals surface area contributed by atoms with Gasteiger partial charge in [0.15, 0.2) is 5.78 Å². The molecule has 0 unspecified atom stereocenters. The molecular formula is C16H13Cl2NOS. The topological polar surface area (TPSA) is 22.0 Å². The summed E-state index contributed by atoms with van der Waals surface area (Å²) in [7, 11) is 0. The molecule has 0 aliphatic heterocycles. The van der Waals surface area contributed by atoms with E-state index in [9.17, 15) is 4.79 Å². The molecule has 0 radical (unpaired) electrons. The van der Waals surface area contributed by atoms with Crippen LogP contribution in [0.4, 0.5) is 0 Å². The highest BCUT2D eigenvalue weighted by Crippen LogP contribution is 2.32. The maximum atomic E-state index is 12.4. The summed E-state index contributed by atoms with van der Waals surface area (Å²) in [6, 6.07) is 9.87. The van der Waals surface area contributed by atoms with E-state index in [4.69, 9.17) is 23.2 Å². The zero-order chi connectivity index (χ0) is 15.0. The maximum absolute atomic E-state index is 12.4. The number of hydrogen-bond acceptors (Lipinski definition) is 2. The first-order valence-electron chi connectivity index (χ1n) is 6.65. The third-order valence-electron chi connectivity index (χ3n) is 3.52. The van der Waals surface area contributed by atoms with Crippen LogP contribution in [0.5, 0.6) is 0 Å². The van der Waals surface area contributed by atoms with E-state index in [-0.39, 0.29) is 12.3 Å². The van der Waals surface area contributed by atoms with Crippen molar-refractivity contribution in [2.24, 2.45) is 0 Å². The Morgan fingerprint density at radius 1 is 1.29 bits per heavy atom. The number of carbonyl (C=O) groups excluding carboxylic acids is 1. The number of aromatic nitrogens is 1. The van der Waals surface area contributed by atoms with Gasteiger partial charge < -0.3 is 4.57 Å². The summed E-state index contributed by atoms with van der Waals surface area (Å²) in [6.45, 7) is 2.39. The van der Waals surface area contributed by atoms with Gasteiger partial charge in [-0.3, -0.25) is 4.79 Å². The SMILES string of the molecule is CCc1cccc2ccn(CC(=O)c3cc(Cl)sc3Cl)c12.